The SMILES string of the molecule is C=CC1NC(=O)/C(=C\N(C)C)C1/C(C)=C\C.CC.CC. The monoisotopic (exact) mass is 280 g/mol. The second-order valence-corrected chi connectivity index (χ2v) is 4.29. The largest absolute Gasteiger partial charge is 0.383 e. The summed E-state index contributed by atoms with van der Waals surface area (Å²) in [6.45, 7) is 15.8. The number of hydrogen-bond acceptors (Lipinski definition) is 2. The van der Waals surface area contributed by atoms with Crippen molar-refractivity contribution in [2.45, 2.75) is 47.6 Å². The van der Waals surface area contributed by atoms with E-state index >= 15 is 0 Å². The van der Waals surface area contributed by atoms with Crippen LogP contribution < -0.4 is 5.32 Å². The van der Waals surface area contributed by atoms with Gasteiger partial charge in [0.2, 0.25) is 5.91 Å². The third-order valence-electron chi connectivity index (χ3n) is 2.85. The summed E-state index contributed by atoms with van der Waals surface area (Å²) in [6, 6.07) is 0.00917. The molecule has 0 radical (unpaired) electrons. The first-order valence-corrected chi connectivity index (χ1v) is 7.45. The molecule has 1 N–H and O–H groups in total. The second-order valence-electron chi connectivity index (χ2n) is 4.29. The minimum absolute atomic E-state index is 0.00444. The van der Waals surface area contributed by atoms with Gasteiger partial charge in [-0.15, -0.1) is 6.58 Å². The van der Waals surface area contributed by atoms with Crippen molar-refractivity contribution in [3.63, 3.8) is 0 Å². The van der Waals surface area contributed by atoms with E-state index in [0.717, 1.165) is 5.57 Å². The van der Waals surface area contributed by atoms with Crippen LogP contribution in [0.2, 0.25) is 0 Å². The molecule has 2 atom stereocenters. The highest BCUT2D eigenvalue weighted by atomic mass is 16.2. The van der Waals surface area contributed by atoms with Gasteiger partial charge in [0, 0.05) is 31.8 Å². The fraction of sp³-hybridized carbons (Fsp3) is 0.588. The molecule has 1 aliphatic heterocycles. The van der Waals surface area contributed by atoms with Crippen molar-refractivity contribution >= 4 is 5.91 Å². The maximum atomic E-state index is 11.8. The van der Waals surface area contributed by atoms with Crippen molar-refractivity contribution in [2.24, 2.45) is 5.92 Å². The Balaban J connectivity index is 0. The van der Waals surface area contributed by atoms with Gasteiger partial charge in [-0.2, -0.15) is 0 Å². The van der Waals surface area contributed by atoms with Crippen LogP contribution in [0.1, 0.15) is 41.5 Å². The van der Waals surface area contributed by atoms with Gasteiger partial charge in [0.05, 0.1) is 6.04 Å². The van der Waals surface area contributed by atoms with Crippen LogP contribution in [0.15, 0.2) is 36.1 Å². The second kappa shape index (κ2) is 11.3. The van der Waals surface area contributed by atoms with Crippen molar-refractivity contribution in [1.29, 1.82) is 0 Å². The van der Waals surface area contributed by atoms with E-state index in [2.05, 4.69) is 11.9 Å². The Hall–Kier alpha value is -1.51. The minimum atomic E-state index is 0.00444. The summed E-state index contributed by atoms with van der Waals surface area (Å²) in [5, 5.41) is 2.93. The van der Waals surface area contributed by atoms with Crippen LogP contribution in [0.5, 0.6) is 0 Å². The molecule has 0 aliphatic carbocycles. The van der Waals surface area contributed by atoms with E-state index < -0.39 is 0 Å². The van der Waals surface area contributed by atoms with Gasteiger partial charge < -0.3 is 10.2 Å². The molecule has 1 aliphatic rings. The summed E-state index contributed by atoms with van der Waals surface area (Å²) in [5.41, 5.74) is 2.00. The van der Waals surface area contributed by atoms with Gasteiger partial charge in [-0.05, 0) is 13.8 Å². The average molecular weight is 280 g/mol. The molecule has 20 heavy (non-hydrogen) atoms. The van der Waals surface area contributed by atoms with E-state index in [-0.39, 0.29) is 17.9 Å². The maximum Gasteiger partial charge on any atom is 0.249 e. The summed E-state index contributed by atoms with van der Waals surface area (Å²) in [4.78, 5) is 13.7. The third-order valence-corrected chi connectivity index (χ3v) is 2.85. The molecule has 1 amide bonds. The lowest BCUT2D eigenvalue weighted by Gasteiger charge is -2.17. The van der Waals surface area contributed by atoms with Crippen LogP contribution in [0, 0.1) is 5.92 Å². The van der Waals surface area contributed by atoms with Crippen molar-refractivity contribution in [2.75, 3.05) is 14.1 Å². The smallest absolute Gasteiger partial charge is 0.249 e. The Morgan fingerprint density at radius 3 is 2.10 bits per heavy atom. The van der Waals surface area contributed by atoms with Gasteiger partial charge in [-0.3, -0.25) is 4.79 Å². The van der Waals surface area contributed by atoms with Crippen molar-refractivity contribution in [3.8, 4) is 0 Å². The fourth-order valence-corrected chi connectivity index (χ4v) is 1.97. The molecule has 0 saturated carbocycles. The Morgan fingerprint density at radius 1 is 1.25 bits per heavy atom. The number of carbonyl (C=O) groups excluding carboxylic acids is 1. The molecule has 0 aromatic rings. The van der Waals surface area contributed by atoms with Crippen molar-refractivity contribution in [3.05, 3.63) is 36.1 Å². The molecule has 1 rings (SSSR count). The Kier molecular flexibility index (Phi) is 11.8. The lowest BCUT2D eigenvalue weighted by Crippen LogP contribution is -2.26. The molecule has 0 bridgehead atoms. The number of carbonyl (C=O) groups is 1. The zero-order chi connectivity index (χ0) is 16.3. The summed E-state index contributed by atoms with van der Waals surface area (Å²) in [6.07, 6.45) is 5.73. The van der Waals surface area contributed by atoms with Gasteiger partial charge in [0.15, 0.2) is 0 Å². The van der Waals surface area contributed by atoms with Gasteiger partial charge >= 0.3 is 0 Å². The zero-order valence-corrected chi connectivity index (χ0v) is 14.4. The Bertz CT molecular complexity index is 354. The van der Waals surface area contributed by atoms with Gasteiger partial charge in [-0.1, -0.05) is 45.4 Å². The minimum Gasteiger partial charge on any atom is -0.383 e. The van der Waals surface area contributed by atoms with Crippen molar-refractivity contribution in [1.82, 2.24) is 10.2 Å². The molecular formula is C17H32N2O. The first-order chi connectivity index (χ1) is 9.51. The van der Waals surface area contributed by atoms with Crippen LogP contribution in [-0.4, -0.2) is 30.9 Å². The Labute approximate surface area is 125 Å². The van der Waals surface area contributed by atoms with Crippen LogP contribution in [0.3, 0.4) is 0 Å². The maximum absolute atomic E-state index is 11.8. The number of amides is 1. The first-order valence-electron chi connectivity index (χ1n) is 7.45. The molecular weight excluding hydrogens is 248 g/mol. The summed E-state index contributed by atoms with van der Waals surface area (Å²) < 4.78 is 0. The van der Waals surface area contributed by atoms with Gasteiger partial charge in [0.25, 0.3) is 0 Å². The molecule has 2 unspecified atom stereocenters. The molecule has 0 aromatic heterocycles. The van der Waals surface area contributed by atoms with Crippen LogP contribution in [0.4, 0.5) is 0 Å². The number of allylic oxidation sites excluding steroid dienone is 1. The number of hydrogen-bond donors (Lipinski definition) is 1. The molecule has 3 nitrogen and oxygen atoms in total. The molecule has 116 valence electrons. The quantitative estimate of drug-likeness (QED) is 0.631. The zero-order valence-electron chi connectivity index (χ0n) is 14.4. The van der Waals surface area contributed by atoms with Crippen LogP contribution in [-0.2, 0) is 4.79 Å². The number of nitrogens with zero attached hydrogens (tertiary/aromatic N) is 1. The van der Waals surface area contributed by atoms with Gasteiger partial charge in [0.1, 0.15) is 0 Å². The molecule has 1 fully saturated rings. The van der Waals surface area contributed by atoms with E-state index in [1.165, 1.54) is 5.57 Å². The highest BCUT2D eigenvalue weighted by Gasteiger charge is 2.36. The summed E-state index contributed by atoms with van der Waals surface area (Å²) in [7, 11) is 3.84. The topological polar surface area (TPSA) is 32.3 Å². The van der Waals surface area contributed by atoms with E-state index in [9.17, 15) is 4.79 Å². The summed E-state index contributed by atoms with van der Waals surface area (Å²) >= 11 is 0. The Morgan fingerprint density at radius 2 is 1.75 bits per heavy atom. The van der Waals surface area contributed by atoms with Crippen LogP contribution >= 0.6 is 0 Å². The van der Waals surface area contributed by atoms with Crippen LogP contribution in [0.25, 0.3) is 0 Å². The number of nitrogens with one attached hydrogen (secondary N) is 1. The first kappa shape index (κ1) is 20.8. The lowest BCUT2D eigenvalue weighted by molar-refractivity contribution is -0.116. The highest BCUT2D eigenvalue weighted by Crippen LogP contribution is 2.30. The normalized spacial score (nSPS) is 23.1. The molecule has 0 aromatic carbocycles. The van der Waals surface area contributed by atoms with Gasteiger partial charge in [-0.25, -0.2) is 0 Å². The molecule has 1 heterocycles. The lowest BCUT2D eigenvalue weighted by atomic mass is 9.89. The van der Waals surface area contributed by atoms with E-state index in [4.69, 9.17) is 0 Å². The van der Waals surface area contributed by atoms with E-state index in [1.54, 1.807) is 6.08 Å². The average Bonchev–Trinajstić information content (AvgIpc) is 2.78. The molecule has 0 spiro atoms. The van der Waals surface area contributed by atoms with E-state index in [1.807, 2.05) is 72.8 Å². The summed E-state index contributed by atoms with van der Waals surface area (Å²) in [5.74, 6) is 0.113. The number of rotatable bonds is 3. The fourth-order valence-electron chi connectivity index (χ4n) is 1.97. The third kappa shape index (κ3) is 5.64. The van der Waals surface area contributed by atoms with E-state index in [0.29, 0.717) is 0 Å². The molecule has 1 saturated heterocycles. The van der Waals surface area contributed by atoms with Crippen molar-refractivity contribution < 1.29 is 4.79 Å². The highest BCUT2D eigenvalue weighted by molar-refractivity contribution is 5.97. The molecule has 3 heteroatoms. The standard InChI is InChI=1S/C13H20N2O.2C2H6/c1-6-9(3)12-10(8-15(4)5)13(16)14-11(12)7-2;2*1-2/h6-8,11-12H,2H2,1,3-5H3,(H,14,16);2*1-2H3/b9-6-,10-8-;;. The predicted octanol–water partition coefficient (Wildman–Crippen LogP) is 3.75. The predicted molar refractivity (Wildman–Crippen MR) is 89.5 cm³/mol.